The Labute approximate surface area is 83.1 Å². The Hall–Kier alpha value is -1.42. The van der Waals surface area contributed by atoms with Crippen LogP contribution >= 0.6 is 0 Å². The monoisotopic (exact) mass is 194 g/mol. The third-order valence-corrected chi connectivity index (χ3v) is 2.05. The van der Waals surface area contributed by atoms with Crippen LogP contribution in [0.15, 0.2) is 18.5 Å². The zero-order chi connectivity index (χ0) is 10.6. The summed E-state index contributed by atoms with van der Waals surface area (Å²) in [6.07, 6.45) is 3.95. The van der Waals surface area contributed by atoms with Crippen LogP contribution in [0.25, 0.3) is 0 Å². The molecule has 0 amide bonds. The minimum absolute atomic E-state index is 0.0768. The Bertz CT molecular complexity index is 326. The second-order valence-corrected chi connectivity index (χ2v) is 3.01. The van der Waals surface area contributed by atoms with E-state index in [0.717, 1.165) is 12.0 Å². The van der Waals surface area contributed by atoms with Crippen LogP contribution in [-0.4, -0.2) is 18.1 Å². The molecule has 0 aliphatic rings. The second-order valence-electron chi connectivity index (χ2n) is 3.01. The van der Waals surface area contributed by atoms with Crippen LogP contribution in [0.3, 0.4) is 0 Å². The van der Waals surface area contributed by atoms with E-state index in [2.05, 4.69) is 9.72 Å². The lowest BCUT2D eigenvalue weighted by Crippen LogP contribution is -2.11. The molecule has 2 N–H and O–H groups in total. The molecule has 1 unspecified atom stereocenters. The van der Waals surface area contributed by atoms with Crippen molar-refractivity contribution in [2.75, 3.05) is 7.11 Å². The summed E-state index contributed by atoms with van der Waals surface area (Å²) in [5, 5.41) is 0. The molecular formula is C10H14N2O2. The molecule has 0 radical (unpaired) electrons. The standard InChI is InChI=1S/C10H14N2O2/c1-3-9(11)7-4-8(6-12-5-7)10(13)14-2/h4-6,9H,3,11H2,1-2H3. The van der Waals surface area contributed by atoms with Crippen molar-refractivity contribution in [1.82, 2.24) is 4.98 Å². The van der Waals surface area contributed by atoms with Gasteiger partial charge in [-0.05, 0) is 18.1 Å². The van der Waals surface area contributed by atoms with E-state index < -0.39 is 0 Å². The summed E-state index contributed by atoms with van der Waals surface area (Å²) in [6.45, 7) is 1.98. The summed E-state index contributed by atoms with van der Waals surface area (Å²) < 4.78 is 4.58. The maximum Gasteiger partial charge on any atom is 0.339 e. The van der Waals surface area contributed by atoms with Gasteiger partial charge in [0.1, 0.15) is 0 Å². The zero-order valence-electron chi connectivity index (χ0n) is 8.36. The molecule has 0 bridgehead atoms. The van der Waals surface area contributed by atoms with Crippen molar-refractivity contribution in [2.45, 2.75) is 19.4 Å². The van der Waals surface area contributed by atoms with E-state index in [1.54, 1.807) is 12.3 Å². The lowest BCUT2D eigenvalue weighted by molar-refractivity contribution is 0.0600. The molecule has 1 aromatic rings. The van der Waals surface area contributed by atoms with Crippen LogP contribution in [0, 0.1) is 0 Å². The highest BCUT2D eigenvalue weighted by Gasteiger charge is 2.09. The predicted molar refractivity (Wildman–Crippen MR) is 52.8 cm³/mol. The number of hydrogen-bond acceptors (Lipinski definition) is 4. The molecule has 76 valence electrons. The molecule has 0 spiro atoms. The van der Waals surface area contributed by atoms with Crippen molar-refractivity contribution in [3.8, 4) is 0 Å². The number of carbonyl (C=O) groups excluding carboxylic acids is 1. The van der Waals surface area contributed by atoms with Crippen LogP contribution in [0.1, 0.15) is 35.3 Å². The minimum atomic E-state index is -0.386. The maximum atomic E-state index is 11.2. The zero-order valence-corrected chi connectivity index (χ0v) is 8.36. The molecule has 0 saturated carbocycles. The molecule has 14 heavy (non-hydrogen) atoms. The van der Waals surface area contributed by atoms with Crippen LogP contribution in [-0.2, 0) is 4.74 Å². The third-order valence-electron chi connectivity index (χ3n) is 2.05. The van der Waals surface area contributed by atoms with Crippen LogP contribution in [0.4, 0.5) is 0 Å². The molecule has 0 aliphatic carbocycles. The van der Waals surface area contributed by atoms with Gasteiger partial charge in [0, 0.05) is 18.4 Å². The fraction of sp³-hybridized carbons (Fsp3) is 0.400. The van der Waals surface area contributed by atoms with E-state index in [9.17, 15) is 4.79 Å². The van der Waals surface area contributed by atoms with Crippen molar-refractivity contribution in [2.24, 2.45) is 5.73 Å². The molecule has 1 aromatic heterocycles. The van der Waals surface area contributed by atoms with Crippen LogP contribution < -0.4 is 5.73 Å². The molecular weight excluding hydrogens is 180 g/mol. The van der Waals surface area contributed by atoms with Crippen molar-refractivity contribution >= 4 is 5.97 Å². The average molecular weight is 194 g/mol. The molecule has 0 aliphatic heterocycles. The fourth-order valence-corrected chi connectivity index (χ4v) is 1.13. The van der Waals surface area contributed by atoms with Gasteiger partial charge in [0.2, 0.25) is 0 Å². The summed E-state index contributed by atoms with van der Waals surface area (Å²) in [5.74, 6) is -0.386. The average Bonchev–Trinajstić information content (AvgIpc) is 2.27. The Kier molecular flexibility index (Phi) is 3.59. The molecule has 0 fully saturated rings. The van der Waals surface area contributed by atoms with Gasteiger partial charge < -0.3 is 10.5 Å². The van der Waals surface area contributed by atoms with E-state index in [0.29, 0.717) is 5.56 Å². The largest absolute Gasteiger partial charge is 0.465 e. The topological polar surface area (TPSA) is 65.2 Å². The van der Waals surface area contributed by atoms with Crippen molar-refractivity contribution in [3.63, 3.8) is 0 Å². The predicted octanol–water partition coefficient (Wildman–Crippen LogP) is 1.28. The van der Waals surface area contributed by atoms with Gasteiger partial charge in [0.15, 0.2) is 0 Å². The van der Waals surface area contributed by atoms with Crippen LogP contribution in [0.5, 0.6) is 0 Å². The summed E-state index contributed by atoms with van der Waals surface area (Å²) >= 11 is 0. The van der Waals surface area contributed by atoms with Gasteiger partial charge in [-0.15, -0.1) is 0 Å². The normalized spacial score (nSPS) is 12.2. The lowest BCUT2D eigenvalue weighted by Gasteiger charge is -2.09. The van der Waals surface area contributed by atoms with E-state index in [4.69, 9.17) is 5.73 Å². The molecule has 0 aromatic carbocycles. The first-order valence-electron chi connectivity index (χ1n) is 4.47. The van der Waals surface area contributed by atoms with Crippen LogP contribution in [0.2, 0.25) is 0 Å². The Morgan fingerprint density at radius 2 is 2.36 bits per heavy atom. The first kappa shape index (κ1) is 10.7. The molecule has 1 rings (SSSR count). The summed E-state index contributed by atoms with van der Waals surface area (Å²) in [4.78, 5) is 15.1. The van der Waals surface area contributed by atoms with Gasteiger partial charge in [0.25, 0.3) is 0 Å². The van der Waals surface area contributed by atoms with Gasteiger partial charge in [0.05, 0.1) is 12.7 Å². The van der Waals surface area contributed by atoms with Gasteiger partial charge in [-0.25, -0.2) is 4.79 Å². The highest BCUT2D eigenvalue weighted by atomic mass is 16.5. The SMILES string of the molecule is CCC(N)c1cncc(C(=O)OC)c1. The van der Waals surface area contributed by atoms with E-state index in [1.807, 2.05) is 6.92 Å². The Morgan fingerprint density at radius 3 is 2.93 bits per heavy atom. The maximum absolute atomic E-state index is 11.2. The first-order valence-corrected chi connectivity index (χ1v) is 4.47. The van der Waals surface area contributed by atoms with E-state index in [1.165, 1.54) is 13.3 Å². The van der Waals surface area contributed by atoms with E-state index >= 15 is 0 Å². The van der Waals surface area contributed by atoms with Gasteiger partial charge in [-0.2, -0.15) is 0 Å². The highest BCUT2D eigenvalue weighted by molar-refractivity contribution is 5.89. The van der Waals surface area contributed by atoms with E-state index in [-0.39, 0.29) is 12.0 Å². The van der Waals surface area contributed by atoms with Gasteiger partial charge in [-0.1, -0.05) is 6.92 Å². The number of methoxy groups -OCH3 is 1. The minimum Gasteiger partial charge on any atom is -0.465 e. The van der Waals surface area contributed by atoms with Crippen molar-refractivity contribution in [1.29, 1.82) is 0 Å². The second kappa shape index (κ2) is 4.72. The lowest BCUT2D eigenvalue weighted by atomic mass is 10.1. The third kappa shape index (κ3) is 2.29. The molecule has 1 heterocycles. The quantitative estimate of drug-likeness (QED) is 0.736. The number of carbonyl (C=O) groups is 1. The summed E-state index contributed by atoms with van der Waals surface area (Å²) in [7, 11) is 1.34. The number of ether oxygens (including phenoxy) is 1. The summed E-state index contributed by atoms with van der Waals surface area (Å²) in [5.41, 5.74) is 7.11. The Balaban J connectivity index is 2.95. The van der Waals surface area contributed by atoms with Gasteiger partial charge in [-0.3, -0.25) is 4.98 Å². The number of nitrogens with two attached hydrogens (primary N) is 1. The molecule has 0 saturated heterocycles. The number of pyridine rings is 1. The first-order chi connectivity index (χ1) is 6.69. The molecule has 4 nitrogen and oxygen atoms in total. The summed E-state index contributed by atoms with van der Waals surface area (Å²) in [6, 6.07) is 1.64. The number of aromatic nitrogens is 1. The number of nitrogens with zero attached hydrogens (tertiary/aromatic N) is 1. The number of hydrogen-bond donors (Lipinski definition) is 1. The molecule has 4 heteroatoms. The van der Waals surface area contributed by atoms with Crippen molar-refractivity contribution in [3.05, 3.63) is 29.6 Å². The smallest absolute Gasteiger partial charge is 0.339 e. The highest BCUT2D eigenvalue weighted by Crippen LogP contribution is 2.13. The molecule has 1 atom stereocenters. The fourth-order valence-electron chi connectivity index (χ4n) is 1.13. The number of esters is 1. The number of rotatable bonds is 3. The van der Waals surface area contributed by atoms with Gasteiger partial charge >= 0.3 is 5.97 Å². The van der Waals surface area contributed by atoms with Crippen molar-refractivity contribution < 1.29 is 9.53 Å². The Morgan fingerprint density at radius 1 is 1.64 bits per heavy atom.